The minimum absolute atomic E-state index is 0.482. The summed E-state index contributed by atoms with van der Waals surface area (Å²) < 4.78 is 10.6. The van der Waals surface area contributed by atoms with Gasteiger partial charge in [0.1, 0.15) is 0 Å². The maximum Gasteiger partial charge on any atom is 0.160 e. The van der Waals surface area contributed by atoms with E-state index in [9.17, 15) is 0 Å². The van der Waals surface area contributed by atoms with Crippen molar-refractivity contribution in [3.63, 3.8) is 0 Å². The Balaban J connectivity index is 2.79. The lowest BCUT2D eigenvalue weighted by Gasteiger charge is -2.22. The molecule has 0 N–H and O–H groups in total. The van der Waals surface area contributed by atoms with Crippen molar-refractivity contribution in [3.05, 3.63) is 23.8 Å². The summed E-state index contributed by atoms with van der Waals surface area (Å²) in [6, 6.07) is 6.12. The van der Waals surface area contributed by atoms with E-state index in [0.717, 1.165) is 17.9 Å². The van der Waals surface area contributed by atoms with Gasteiger partial charge in [0.05, 0.1) is 14.2 Å². The molecule has 0 heterocycles. The van der Waals surface area contributed by atoms with E-state index in [2.05, 4.69) is 48.8 Å². The van der Waals surface area contributed by atoms with Crippen LogP contribution in [-0.4, -0.2) is 19.0 Å². The maximum atomic E-state index is 5.33. The van der Waals surface area contributed by atoms with Crippen molar-refractivity contribution in [2.45, 2.75) is 32.0 Å². The molecule has 0 bridgehead atoms. The molecule has 102 valence electrons. The van der Waals surface area contributed by atoms with Gasteiger partial charge in [0.15, 0.2) is 11.5 Å². The summed E-state index contributed by atoms with van der Waals surface area (Å²) in [5, 5.41) is 0. The summed E-state index contributed by atoms with van der Waals surface area (Å²) >= 11 is 3.79. The molecule has 2 unspecified atom stereocenters. The van der Waals surface area contributed by atoms with E-state index in [-0.39, 0.29) is 0 Å². The Morgan fingerprint density at radius 2 is 1.67 bits per heavy atom. The van der Waals surface area contributed by atoms with Crippen molar-refractivity contribution >= 4 is 15.9 Å². The molecule has 0 fully saturated rings. The standard InChI is InChI=1S/C15H23BrO2/c1-10(2)11(3)13(16)8-12-6-7-14(17-4)15(9-12)18-5/h6-7,9-11,13H,8H2,1-5H3. The summed E-state index contributed by atoms with van der Waals surface area (Å²) in [6.07, 6.45) is 1.000. The zero-order valence-electron chi connectivity index (χ0n) is 11.9. The van der Waals surface area contributed by atoms with Gasteiger partial charge in [-0.1, -0.05) is 42.8 Å². The van der Waals surface area contributed by atoms with E-state index in [1.165, 1.54) is 5.56 Å². The largest absolute Gasteiger partial charge is 0.493 e. The molecule has 1 aromatic carbocycles. The minimum Gasteiger partial charge on any atom is -0.493 e. The molecule has 1 aromatic rings. The second-order valence-corrected chi connectivity index (χ2v) is 6.19. The molecule has 0 aliphatic heterocycles. The van der Waals surface area contributed by atoms with Crippen LogP contribution in [0.2, 0.25) is 0 Å². The fourth-order valence-corrected chi connectivity index (χ4v) is 2.82. The molecule has 0 aliphatic rings. The van der Waals surface area contributed by atoms with E-state index in [0.29, 0.717) is 16.7 Å². The minimum atomic E-state index is 0.482. The van der Waals surface area contributed by atoms with Gasteiger partial charge in [0.25, 0.3) is 0 Å². The predicted molar refractivity (Wildman–Crippen MR) is 80.0 cm³/mol. The molecule has 0 amide bonds. The number of benzene rings is 1. The Labute approximate surface area is 119 Å². The average Bonchev–Trinajstić information content (AvgIpc) is 2.37. The van der Waals surface area contributed by atoms with Crippen LogP contribution in [0.5, 0.6) is 11.5 Å². The first-order valence-corrected chi connectivity index (χ1v) is 7.26. The number of hydrogen-bond acceptors (Lipinski definition) is 2. The summed E-state index contributed by atoms with van der Waals surface area (Å²) in [7, 11) is 3.33. The van der Waals surface area contributed by atoms with Gasteiger partial charge < -0.3 is 9.47 Å². The second kappa shape index (κ2) is 7.03. The van der Waals surface area contributed by atoms with E-state index in [4.69, 9.17) is 9.47 Å². The van der Waals surface area contributed by atoms with Crippen molar-refractivity contribution in [1.82, 2.24) is 0 Å². The first kappa shape index (κ1) is 15.4. The number of rotatable bonds is 6. The zero-order valence-corrected chi connectivity index (χ0v) is 13.5. The van der Waals surface area contributed by atoms with Crippen LogP contribution in [0.1, 0.15) is 26.3 Å². The highest BCUT2D eigenvalue weighted by atomic mass is 79.9. The number of methoxy groups -OCH3 is 2. The van der Waals surface area contributed by atoms with E-state index in [1.807, 2.05) is 6.07 Å². The molecule has 0 spiro atoms. The smallest absolute Gasteiger partial charge is 0.160 e. The topological polar surface area (TPSA) is 18.5 Å². The third-order valence-corrected chi connectivity index (χ3v) is 4.66. The lowest BCUT2D eigenvalue weighted by molar-refractivity contribution is 0.354. The number of halogens is 1. The summed E-state index contributed by atoms with van der Waals surface area (Å²) in [6.45, 7) is 6.80. The van der Waals surface area contributed by atoms with Crippen LogP contribution < -0.4 is 9.47 Å². The van der Waals surface area contributed by atoms with Gasteiger partial charge in [-0.05, 0) is 36.0 Å². The monoisotopic (exact) mass is 314 g/mol. The van der Waals surface area contributed by atoms with Crippen LogP contribution >= 0.6 is 15.9 Å². The van der Waals surface area contributed by atoms with Gasteiger partial charge in [0.2, 0.25) is 0 Å². The van der Waals surface area contributed by atoms with Crippen molar-refractivity contribution in [2.75, 3.05) is 14.2 Å². The Morgan fingerprint density at radius 1 is 1.06 bits per heavy atom. The Bertz CT molecular complexity index is 377. The molecular weight excluding hydrogens is 292 g/mol. The lowest BCUT2D eigenvalue weighted by atomic mass is 9.91. The zero-order chi connectivity index (χ0) is 13.7. The molecule has 2 atom stereocenters. The van der Waals surface area contributed by atoms with Gasteiger partial charge in [-0.2, -0.15) is 0 Å². The van der Waals surface area contributed by atoms with Gasteiger partial charge >= 0.3 is 0 Å². The Hall–Kier alpha value is -0.700. The molecule has 0 saturated heterocycles. The van der Waals surface area contributed by atoms with Crippen molar-refractivity contribution in [3.8, 4) is 11.5 Å². The fourth-order valence-electron chi connectivity index (χ4n) is 1.84. The van der Waals surface area contributed by atoms with Gasteiger partial charge in [-0.3, -0.25) is 0 Å². The molecule has 0 aromatic heterocycles. The van der Waals surface area contributed by atoms with Crippen molar-refractivity contribution < 1.29 is 9.47 Å². The van der Waals surface area contributed by atoms with Gasteiger partial charge in [0, 0.05) is 4.83 Å². The lowest BCUT2D eigenvalue weighted by Crippen LogP contribution is -2.19. The summed E-state index contributed by atoms with van der Waals surface area (Å²) in [5.41, 5.74) is 1.27. The molecule has 2 nitrogen and oxygen atoms in total. The normalized spacial score (nSPS) is 14.4. The number of ether oxygens (including phenoxy) is 2. The van der Waals surface area contributed by atoms with E-state index in [1.54, 1.807) is 14.2 Å². The third-order valence-electron chi connectivity index (χ3n) is 3.50. The van der Waals surface area contributed by atoms with Gasteiger partial charge in [-0.25, -0.2) is 0 Å². The predicted octanol–water partition coefficient (Wildman–Crippen LogP) is 4.30. The van der Waals surface area contributed by atoms with Crippen molar-refractivity contribution in [2.24, 2.45) is 11.8 Å². The molecule has 0 radical (unpaired) electrons. The summed E-state index contributed by atoms with van der Waals surface area (Å²) in [5.74, 6) is 2.89. The molecule has 18 heavy (non-hydrogen) atoms. The number of alkyl halides is 1. The molecule has 3 heteroatoms. The van der Waals surface area contributed by atoms with Crippen LogP contribution in [0.15, 0.2) is 18.2 Å². The quantitative estimate of drug-likeness (QED) is 0.729. The SMILES string of the molecule is COc1ccc(CC(Br)C(C)C(C)C)cc1OC. The first-order chi connectivity index (χ1) is 8.49. The molecule has 0 saturated carbocycles. The first-order valence-electron chi connectivity index (χ1n) is 6.34. The van der Waals surface area contributed by atoms with E-state index >= 15 is 0 Å². The van der Waals surface area contributed by atoms with Gasteiger partial charge in [-0.15, -0.1) is 0 Å². The Kier molecular flexibility index (Phi) is 6.00. The highest BCUT2D eigenvalue weighted by Crippen LogP contribution is 2.30. The molecular formula is C15H23BrO2. The van der Waals surface area contributed by atoms with Crippen LogP contribution in [0.25, 0.3) is 0 Å². The van der Waals surface area contributed by atoms with Crippen LogP contribution in [0, 0.1) is 11.8 Å². The van der Waals surface area contributed by atoms with Crippen LogP contribution in [-0.2, 0) is 6.42 Å². The fraction of sp³-hybridized carbons (Fsp3) is 0.600. The number of hydrogen-bond donors (Lipinski definition) is 0. The highest BCUT2D eigenvalue weighted by Gasteiger charge is 2.18. The average molecular weight is 315 g/mol. The molecule has 1 rings (SSSR count). The summed E-state index contributed by atoms with van der Waals surface area (Å²) in [4.78, 5) is 0.482. The maximum absolute atomic E-state index is 5.33. The van der Waals surface area contributed by atoms with Crippen LogP contribution in [0.4, 0.5) is 0 Å². The third kappa shape index (κ3) is 3.91. The molecule has 0 aliphatic carbocycles. The van der Waals surface area contributed by atoms with E-state index < -0.39 is 0 Å². The van der Waals surface area contributed by atoms with Crippen LogP contribution in [0.3, 0.4) is 0 Å². The Morgan fingerprint density at radius 3 is 2.17 bits per heavy atom. The van der Waals surface area contributed by atoms with Crippen molar-refractivity contribution in [1.29, 1.82) is 0 Å². The second-order valence-electron chi connectivity index (χ2n) is 5.01. The highest BCUT2D eigenvalue weighted by molar-refractivity contribution is 9.09.